The molecule has 138 valence electrons. The van der Waals surface area contributed by atoms with Crippen LogP contribution in [0.3, 0.4) is 0 Å². The summed E-state index contributed by atoms with van der Waals surface area (Å²) in [4.78, 5) is 11.2. The van der Waals surface area contributed by atoms with E-state index < -0.39 is 0 Å². The van der Waals surface area contributed by atoms with Crippen molar-refractivity contribution in [2.75, 3.05) is 0 Å². The fraction of sp³-hybridized carbons (Fsp3) is 0.286. The van der Waals surface area contributed by atoms with Gasteiger partial charge in [0, 0.05) is 29.8 Å². The van der Waals surface area contributed by atoms with Crippen LogP contribution in [0, 0.1) is 6.92 Å². The Balaban J connectivity index is 1.88. The Morgan fingerprint density at radius 2 is 1.93 bits per heavy atom. The van der Waals surface area contributed by atoms with Crippen LogP contribution in [0.2, 0.25) is 0 Å². The molecule has 0 aromatic carbocycles. The van der Waals surface area contributed by atoms with E-state index in [1.165, 1.54) is 11.4 Å². The molecular weight excluding hydrogens is 354 g/mol. The van der Waals surface area contributed by atoms with Crippen LogP contribution in [-0.4, -0.2) is 30.6 Å². The van der Waals surface area contributed by atoms with E-state index in [0.29, 0.717) is 0 Å². The Bertz CT molecular complexity index is 936. The van der Waals surface area contributed by atoms with Gasteiger partial charge in [0.05, 0.1) is 29.7 Å². The molecule has 3 aromatic rings. The Hall–Kier alpha value is -2.73. The molecule has 6 heteroatoms. The first-order valence-corrected chi connectivity index (χ1v) is 9.57. The number of hydrogen-bond donors (Lipinski definition) is 1. The molecule has 0 spiro atoms. The van der Waals surface area contributed by atoms with E-state index in [2.05, 4.69) is 69.8 Å². The second-order valence-electron chi connectivity index (χ2n) is 7.07. The number of nitrogens with one attached hydrogen (secondary N) is 1. The number of pyridine rings is 2. The maximum Gasteiger partial charge on any atom is 0.170 e. The first-order valence-electron chi connectivity index (χ1n) is 9.16. The van der Waals surface area contributed by atoms with E-state index in [9.17, 15) is 0 Å². The maximum atomic E-state index is 5.70. The lowest BCUT2D eigenvalue weighted by molar-refractivity contribution is 0.262. The van der Waals surface area contributed by atoms with Crippen LogP contribution >= 0.6 is 12.2 Å². The predicted octanol–water partition coefficient (Wildman–Crippen LogP) is 3.96. The van der Waals surface area contributed by atoms with Crippen molar-refractivity contribution in [2.24, 2.45) is 0 Å². The summed E-state index contributed by atoms with van der Waals surface area (Å²) in [6.45, 7) is 6.46. The van der Waals surface area contributed by atoms with Crippen LogP contribution in [0.25, 0.3) is 5.69 Å². The Morgan fingerprint density at radius 1 is 1.07 bits per heavy atom. The molecule has 2 atom stereocenters. The second-order valence-corrected chi connectivity index (χ2v) is 7.46. The van der Waals surface area contributed by atoms with Crippen molar-refractivity contribution in [2.45, 2.75) is 38.9 Å². The number of hydrogen-bond acceptors (Lipinski definition) is 3. The van der Waals surface area contributed by atoms with Gasteiger partial charge >= 0.3 is 0 Å². The molecule has 0 bridgehead atoms. The van der Waals surface area contributed by atoms with Gasteiger partial charge in [0.1, 0.15) is 0 Å². The third kappa shape index (κ3) is 3.10. The summed E-state index contributed by atoms with van der Waals surface area (Å²) in [5.41, 5.74) is 4.39. The van der Waals surface area contributed by atoms with Gasteiger partial charge in [0.2, 0.25) is 0 Å². The van der Waals surface area contributed by atoms with E-state index in [-0.39, 0.29) is 18.1 Å². The van der Waals surface area contributed by atoms with Gasteiger partial charge in [0.15, 0.2) is 5.11 Å². The minimum atomic E-state index is -0.00850. The highest BCUT2D eigenvalue weighted by Crippen LogP contribution is 2.41. The maximum absolute atomic E-state index is 5.70. The molecule has 0 amide bonds. The molecule has 1 N–H and O–H groups in total. The highest BCUT2D eigenvalue weighted by Gasteiger charge is 2.42. The Labute approximate surface area is 165 Å². The van der Waals surface area contributed by atoms with Crippen LogP contribution in [0.4, 0.5) is 0 Å². The molecule has 3 aromatic heterocycles. The summed E-state index contributed by atoms with van der Waals surface area (Å²) < 4.78 is 2.26. The van der Waals surface area contributed by atoms with Crippen molar-refractivity contribution < 1.29 is 0 Å². The van der Waals surface area contributed by atoms with Crippen molar-refractivity contribution in [3.8, 4) is 5.69 Å². The first-order chi connectivity index (χ1) is 13.1. The monoisotopic (exact) mass is 377 g/mol. The van der Waals surface area contributed by atoms with Gasteiger partial charge in [-0.25, -0.2) is 0 Å². The predicted molar refractivity (Wildman–Crippen MR) is 111 cm³/mol. The minimum absolute atomic E-state index is 0.00850. The average Bonchev–Trinajstić information content (AvgIpc) is 3.22. The molecule has 2 unspecified atom stereocenters. The van der Waals surface area contributed by atoms with Crippen molar-refractivity contribution in [1.82, 2.24) is 24.8 Å². The summed E-state index contributed by atoms with van der Waals surface area (Å²) in [5.74, 6) is 0. The zero-order valence-electron chi connectivity index (χ0n) is 15.7. The summed E-state index contributed by atoms with van der Waals surface area (Å²) in [6, 6.07) is 14.7. The molecule has 1 saturated heterocycles. The first kappa shape index (κ1) is 17.7. The molecule has 1 aliphatic rings. The zero-order chi connectivity index (χ0) is 19.0. The summed E-state index contributed by atoms with van der Waals surface area (Å²) in [5, 5.41) is 4.27. The van der Waals surface area contributed by atoms with Gasteiger partial charge in [0.25, 0.3) is 0 Å². The third-order valence-electron chi connectivity index (χ3n) is 5.01. The molecule has 4 heterocycles. The fourth-order valence-electron chi connectivity index (χ4n) is 3.87. The van der Waals surface area contributed by atoms with Gasteiger partial charge < -0.3 is 14.8 Å². The number of thiocarbonyl (C=S) groups is 1. The lowest BCUT2D eigenvalue weighted by Crippen LogP contribution is -2.36. The van der Waals surface area contributed by atoms with Gasteiger partial charge in [-0.15, -0.1) is 0 Å². The molecule has 0 saturated carbocycles. The Morgan fingerprint density at radius 3 is 2.59 bits per heavy atom. The van der Waals surface area contributed by atoms with E-state index in [4.69, 9.17) is 12.2 Å². The third-order valence-corrected chi connectivity index (χ3v) is 5.33. The molecule has 1 aliphatic heterocycles. The average molecular weight is 378 g/mol. The van der Waals surface area contributed by atoms with E-state index in [1.54, 1.807) is 6.20 Å². The highest BCUT2D eigenvalue weighted by atomic mass is 32.1. The van der Waals surface area contributed by atoms with Gasteiger partial charge in [-0.2, -0.15) is 0 Å². The van der Waals surface area contributed by atoms with Crippen LogP contribution in [0.5, 0.6) is 0 Å². The number of rotatable bonds is 4. The molecular formula is C21H23N5S. The molecule has 0 aliphatic carbocycles. The van der Waals surface area contributed by atoms with Crippen LogP contribution in [-0.2, 0) is 0 Å². The quantitative estimate of drug-likeness (QED) is 0.698. The number of nitrogens with zero attached hydrogens (tertiary/aromatic N) is 4. The zero-order valence-corrected chi connectivity index (χ0v) is 16.5. The lowest BCUT2D eigenvalue weighted by atomic mass is 10.0. The molecule has 1 fully saturated rings. The topological polar surface area (TPSA) is 46.0 Å². The molecule has 0 radical (unpaired) electrons. The lowest BCUT2D eigenvalue weighted by Gasteiger charge is -2.32. The van der Waals surface area contributed by atoms with Gasteiger partial charge in [-0.1, -0.05) is 6.07 Å². The van der Waals surface area contributed by atoms with Crippen molar-refractivity contribution >= 4 is 17.3 Å². The largest absolute Gasteiger partial charge is 0.352 e. The summed E-state index contributed by atoms with van der Waals surface area (Å²) in [7, 11) is 0. The van der Waals surface area contributed by atoms with E-state index >= 15 is 0 Å². The van der Waals surface area contributed by atoms with Crippen LogP contribution in [0.1, 0.15) is 43.0 Å². The Kier molecular flexibility index (Phi) is 4.66. The summed E-state index contributed by atoms with van der Waals surface area (Å²) in [6.07, 6.45) is 5.53. The smallest absolute Gasteiger partial charge is 0.170 e. The standard InChI is InChI=1S/C21H23N5S/c1-14(2)25-20(19(24-21(25)27)17-8-4-5-12-23-17)18-10-9-15(3)26(18)16-7-6-11-22-13-16/h4-14,19-20H,1-3H3,(H,24,27). The fourth-order valence-corrected chi connectivity index (χ4v) is 4.32. The van der Waals surface area contributed by atoms with Gasteiger partial charge in [-0.05, 0) is 69.4 Å². The number of aryl methyl sites for hydroxylation is 1. The van der Waals surface area contributed by atoms with Crippen molar-refractivity contribution in [3.63, 3.8) is 0 Å². The van der Waals surface area contributed by atoms with E-state index in [1.807, 2.05) is 30.6 Å². The van der Waals surface area contributed by atoms with Gasteiger partial charge in [-0.3, -0.25) is 9.97 Å². The van der Waals surface area contributed by atoms with E-state index in [0.717, 1.165) is 16.5 Å². The summed E-state index contributed by atoms with van der Waals surface area (Å²) >= 11 is 5.70. The SMILES string of the molecule is Cc1ccc(C2C(c3ccccn3)NC(=S)N2C(C)C)n1-c1cccnc1. The van der Waals surface area contributed by atoms with Crippen molar-refractivity contribution in [3.05, 3.63) is 78.1 Å². The molecule has 5 nitrogen and oxygen atoms in total. The number of aromatic nitrogens is 3. The molecule has 27 heavy (non-hydrogen) atoms. The van der Waals surface area contributed by atoms with Crippen LogP contribution in [0.15, 0.2) is 61.1 Å². The second kappa shape index (κ2) is 7.12. The normalized spacial score (nSPS) is 19.6. The van der Waals surface area contributed by atoms with Crippen molar-refractivity contribution in [1.29, 1.82) is 0 Å². The van der Waals surface area contributed by atoms with Crippen LogP contribution < -0.4 is 5.32 Å². The highest BCUT2D eigenvalue weighted by molar-refractivity contribution is 7.80. The minimum Gasteiger partial charge on any atom is -0.352 e. The molecule has 4 rings (SSSR count).